The molecule has 3 rings (SSSR count). The van der Waals surface area contributed by atoms with Crippen molar-refractivity contribution in [3.8, 4) is 0 Å². The van der Waals surface area contributed by atoms with Gasteiger partial charge in [0.05, 0.1) is 11.1 Å². The molecule has 0 aliphatic rings. The Morgan fingerprint density at radius 2 is 1.82 bits per heavy atom. The minimum atomic E-state index is -0.954. The zero-order valence-corrected chi connectivity index (χ0v) is 15.9. The van der Waals surface area contributed by atoms with Gasteiger partial charge in [-0.1, -0.05) is 26.1 Å². The summed E-state index contributed by atoms with van der Waals surface area (Å²) >= 11 is 0. The predicted molar refractivity (Wildman–Crippen MR) is 106 cm³/mol. The van der Waals surface area contributed by atoms with Crippen molar-refractivity contribution in [2.45, 2.75) is 0 Å². The van der Waals surface area contributed by atoms with E-state index in [9.17, 15) is 18.9 Å². The average Bonchev–Trinajstić information content (AvgIpc) is 2.66. The molecular formula is C18H16F2N5O2P. The highest BCUT2D eigenvalue weighted by atomic mass is 31.1. The van der Waals surface area contributed by atoms with E-state index in [1.54, 1.807) is 0 Å². The van der Waals surface area contributed by atoms with Crippen LogP contribution in [-0.2, 0) is 0 Å². The monoisotopic (exact) mass is 403 g/mol. The predicted octanol–water partition coefficient (Wildman–Crippen LogP) is 4.52. The Morgan fingerprint density at radius 1 is 1.07 bits per heavy atom. The minimum absolute atomic E-state index is 0.0116. The van der Waals surface area contributed by atoms with E-state index in [2.05, 4.69) is 33.9 Å². The fraction of sp³-hybridized carbons (Fsp3) is 0.111. The third-order valence-corrected chi connectivity index (χ3v) is 5.14. The number of nitro groups is 1. The second-order valence-electron chi connectivity index (χ2n) is 5.98. The van der Waals surface area contributed by atoms with Crippen LogP contribution in [0.1, 0.15) is 0 Å². The van der Waals surface area contributed by atoms with Crippen molar-refractivity contribution in [1.29, 1.82) is 0 Å². The maximum Gasteiger partial charge on any atom is 0.306 e. The van der Waals surface area contributed by atoms with E-state index in [1.165, 1.54) is 6.07 Å². The van der Waals surface area contributed by atoms with E-state index in [-0.39, 0.29) is 17.5 Å². The van der Waals surface area contributed by atoms with Gasteiger partial charge in [-0.3, -0.25) is 10.1 Å². The molecule has 1 heterocycles. The molecule has 10 heteroatoms. The number of halogens is 2. The van der Waals surface area contributed by atoms with Gasteiger partial charge in [0.25, 0.3) is 0 Å². The number of anilines is 4. The van der Waals surface area contributed by atoms with Gasteiger partial charge in [0.1, 0.15) is 0 Å². The lowest BCUT2D eigenvalue weighted by molar-refractivity contribution is -0.387. The first-order chi connectivity index (χ1) is 13.3. The van der Waals surface area contributed by atoms with Crippen molar-refractivity contribution >= 4 is 42.1 Å². The number of nitro benzene ring substituents is 1. The smallest absolute Gasteiger partial charge is 0.306 e. The standard InChI is InChI=1S/C18H16F2N5O2P/c1-28(2)16-6-4-3-5-14(16)23-17-13(20)10-21-18(24-17)22-11-7-8-12(19)15(9-11)25(26)27/h3-10H,1-2H3,(H2,21,22,23,24). The van der Waals surface area contributed by atoms with Gasteiger partial charge >= 0.3 is 5.69 Å². The van der Waals surface area contributed by atoms with Crippen molar-refractivity contribution in [3.63, 3.8) is 0 Å². The average molecular weight is 403 g/mol. The maximum absolute atomic E-state index is 14.2. The highest BCUT2D eigenvalue weighted by Crippen LogP contribution is 2.30. The van der Waals surface area contributed by atoms with E-state index >= 15 is 0 Å². The Labute approximate surface area is 160 Å². The molecular weight excluding hydrogens is 387 g/mol. The summed E-state index contributed by atoms with van der Waals surface area (Å²) in [4.78, 5) is 18.0. The number of nitrogens with one attached hydrogen (secondary N) is 2. The van der Waals surface area contributed by atoms with Crippen molar-refractivity contribution < 1.29 is 13.7 Å². The topological polar surface area (TPSA) is 93.0 Å². The Morgan fingerprint density at radius 3 is 2.54 bits per heavy atom. The molecule has 0 amide bonds. The van der Waals surface area contributed by atoms with Crippen LogP contribution in [0.3, 0.4) is 0 Å². The number of hydrogen-bond acceptors (Lipinski definition) is 6. The second-order valence-corrected chi connectivity index (χ2v) is 8.25. The lowest BCUT2D eigenvalue weighted by Gasteiger charge is -2.15. The Balaban J connectivity index is 1.89. The van der Waals surface area contributed by atoms with Crippen LogP contribution in [0.25, 0.3) is 0 Å². The summed E-state index contributed by atoms with van der Waals surface area (Å²) in [6.45, 7) is 4.17. The molecule has 7 nitrogen and oxygen atoms in total. The van der Waals surface area contributed by atoms with Crippen molar-refractivity contribution in [1.82, 2.24) is 9.97 Å². The molecule has 0 fully saturated rings. The van der Waals surface area contributed by atoms with Gasteiger partial charge in [-0.25, -0.2) is 9.37 Å². The Bertz CT molecular complexity index is 1030. The van der Waals surface area contributed by atoms with E-state index in [4.69, 9.17) is 0 Å². The summed E-state index contributed by atoms with van der Waals surface area (Å²) in [6.07, 6.45) is 0.985. The molecule has 0 bridgehead atoms. The van der Waals surface area contributed by atoms with Crippen LogP contribution in [0.5, 0.6) is 0 Å². The van der Waals surface area contributed by atoms with Gasteiger partial charge in [0.2, 0.25) is 11.8 Å². The number of benzene rings is 2. The van der Waals surface area contributed by atoms with Crippen molar-refractivity contribution in [3.05, 3.63) is 70.4 Å². The number of aromatic nitrogens is 2. The fourth-order valence-corrected chi connectivity index (χ4v) is 3.47. The molecule has 0 aliphatic carbocycles. The summed E-state index contributed by atoms with van der Waals surface area (Å²) in [5, 5.41) is 17.6. The van der Waals surface area contributed by atoms with E-state index in [0.29, 0.717) is 0 Å². The van der Waals surface area contributed by atoms with Crippen LogP contribution in [-0.4, -0.2) is 28.2 Å². The molecule has 28 heavy (non-hydrogen) atoms. The first-order valence-electron chi connectivity index (χ1n) is 8.12. The maximum atomic E-state index is 14.2. The fourth-order valence-electron chi connectivity index (χ4n) is 2.47. The summed E-state index contributed by atoms with van der Waals surface area (Å²) in [6, 6.07) is 10.8. The summed E-state index contributed by atoms with van der Waals surface area (Å²) < 4.78 is 27.7. The first kappa shape index (κ1) is 19.6. The van der Waals surface area contributed by atoms with Gasteiger partial charge < -0.3 is 10.6 Å². The molecule has 3 aromatic rings. The number of hydrogen-bond donors (Lipinski definition) is 2. The summed E-state index contributed by atoms with van der Waals surface area (Å²) in [7, 11) is -0.426. The van der Waals surface area contributed by atoms with Crippen LogP contribution in [0.2, 0.25) is 0 Å². The van der Waals surface area contributed by atoms with Gasteiger partial charge in [0.15, 0.2) is 11.6 Å². The number of nitrogens with zero attached hydrogens (tertiary/aromatic N) is 3. The van der Waals surface area contributed by atoms with Crippen molar-refractivity contribution in [2.75, 3.05) is 24.0 Å². The quantitative estimate of drug-likeness (QED) is 0.357. The van der Waals surface area contributed by atoms with Crippen LogP contribution in [0.15, 0.2) is 48.7 Å². The van der Waals surface area contributed by atoms with Gasteiger partial charge in [0, 0.05) is 17.4 Å². The Hall–Kier alpha value is -3.19. The molecule has 0 saturated carbocycles. The summed E-state index contributed by atoms with van der Waals surface area (Å²) in [5.41, 5.74) is 0.259. The van der Waals surface area contributed by atoms with Crippen LogP contribution in [0, 0.1) is 21.7 Å². The van der Waals surface area contributed by atoms with Gasteiger partial charge in [-0.2, -0.15) is 9.37 Å². The molecule has 2 N–H and O–H groups in total. The van der Waals surface area contributed by atoms with Crippen LogP contribution in [0.4, 0.5) is 37.6 Å². The zero-order chi connectivity index (χ0) is 20.3. The second kappa shape index (κ2) is 8.22. The molecule has 0 unspecified atom stereocenters. The van der Waals surface area contributed by atoms with E-state index < -0.39 is 30.2 Å². The minimum Gasteiger partial charge on any atom is -0.337 e. The highest BCUT2D eigenvalue weighted by Gasteiger charge is 2.16. The molecule has 0 saturated heterocycles. The third-order valence-electron chi connectivity index (χ3n) is 3.78. The van der Waals surface area contributed by atoms with Crippen molar-refractivity contribution in [2.24, 2.45) is 0 Å². The number of rotatable bonds is 6. The number of para-hydroxylation sites is 1. The normalized spacial score (nSPS) is 10.8. The van der Waals surface area contributed by atoms with Crippen LogP contribution < -0.4 is 15.9 Å². The van der Waals surface area contributed by atoms with Gasteiger partial charge in [-0.05, 0) is 36.8 Å². The SMILES string of the molecule is CP(C)c1ccccc1Nc1nc(Nc2ccc(F)c([N+](=O)[O-])c2)ncc1F. The van der Waals surface area contributed by atoms with Gasteiger partial charge in [-0.15, -0.1) is 0 Å². The largest absolute Gasteiger partial charge is 0.337 e. The lowest BCUT2D eigenvalue weighted by atomic mass is 10.2. The highest BCUT2D eigenvalue weighted by molar-refractivity contribution is 7.64. The molecule has 0 aliphatic heterocycles. The molecule has 2 aromatic carbocycles. The molecule has 0 spiro atoms. The summed E-state index contributed by atoms with van der Waals surface area (Å²) in [5.74, 6) is -1.64. The Kier molecular flexibility index (Phi) is 5.75. The molecule has 144 valence electrons. The molecule has 0 atom stereocenters. The molecule has 0 radical (unpaired) electrons. The molecule has 1 aromatic heterocycles. The van der Waals surface area contributed by atoms with Crippen LogP contribution >= 0.6 is 7.92 Å². The zero-order valence-electron chi connectivity index (χ0n) is 15.0. The lowest BCUT2D eigenvalue weighted by Crippen LogP contribution is -2.10. The third kappa shape index (κ3) is 4.37. The first-order valence-corrected chi connectivity index (χ1v) is 10.4. The van der Waals surface area contributed by atoms with E-state index in [1.807, 2.05) is 24.3 Å². The van der Waals surface area contributed by atoms with E-state index in [0.717, 1.165) is 29.3 Å².